The minimum atomic E-state index is 0.00151. The van der Waals surface area contributed by atoms with Crippen LogP contribution >= 0.6 is 0 Å². The Bertz CT molecular complexity index is 651. The first-order chi connectivity index (χ1) is 10.2. The highest BCUT2D eigenvalue weighted by molar-refractivity contribution is 6.09. The van der Waals surface area contributed by atoms with Crippen LogP contribution in [0.1, 0.15) is 28.4 Å². The number of carbonyl (C=O) groups is 1. The molecule has 2 rings (SSSR count). The number of benzene rings is 2. The molecule has 0 heterocycles. The molecule has 0 spiro atoms. The highest BCUT2D eigenvalue weighted by atomic mass is 16.7. The maximum Gasteiger partial charge on any atom is 0.282 e. The van der Waals surface area contributed by atoms with Crippen molar-refractivity contribution in [2.75, 3.05) is 14.2 Å². The van der Waals surface area contributed by atoms with Crippen LogP contribution in [0.4, 0.5) is 0 Å². The van der Waals surface area contributed by atoms with Crippen molar-refractivity contribution in [1.29, 1.82) is 0 Å². The van der Waals surface area contributed by atoms with Crippen molar-refractivity contribution in [2.24, 2.45) is 0 Å². The van der Waals surface area contributed by atoms with Crippen LogP contribution in [0, 0.1) is 0 Å². The van der Waals surface area contributed by atoms with Crippen molar-refractivity contribution in [3.63, 3.8) is 0 Å². The van der Waals surface area contributed by atoms with Gasteiger partial charge < -0.3 is 9.47 Å². The van der Waals surface area contributed by atoms with Crippen LogP contribution < -0.4 is 0 Å². The zero-order valence-corrected chi connectivity index (χ0v) is 12.4. The van der Waals surface area contributed by atoms with Crippen LogP contribution in [0.5, 0.6) is 0 Å². The molecule has 0 fully saturated rings. The minimum Gasteiger partial charge on any atom is -0.469 e. The van der Waals surface area contributed by atoms with Gasteiger partial charge in [-0.2, -0.15) is 0 Å². The fourth-order valence-corrected chi connectivity index (χ4v) is 2.16. The van der Waals surface area contributed by atoms with Gasteiger partial charge in [0.15, 0.2) is 5.78 Å². The normalized spacial score (nSPS) is 9.86. The van der Waals surface area contributed by atoms with Crippen LogP contribution in [0.25, 0.3) is 5.57 Å². The fraction of sp³-hybridized carbons (Fsp3) is 0.167. The lowest BCUT2D eigenvalue weighted by Crippen LogP contribution is -2.02. The third-order valence-corrected chi connectivity index (χ3v) is 3.27. The van der Waals surface area contributed by atoms with Crippen molar-refractivity contribution in [3.8, 4) is 0 Å². The molecule has 0 unspecified atom stereocenters. The maximum atomic E-state index is 12.5. The molecule has 0 aliphatic carbocycles. The van der Waals surface area contributed by atoms with Crippen LogP contribution in [-0.4, -0.2) is 20.0 Å². The molecule has 3 nitrogen and oxygen atoms in total. The number of ketones is 1. The van der Waals surface area contributed by atoms with E-state index in [9.17, 15) is 4.79 Å². The molecule has 0 bridgehead atoms. The van der Waals surface area contributed by atoms with Gasteiger partial charge in [0.1, 0.15) is 0 Å². The molecule has 0 aliphatic rings. The van der Waals surface area contributed by atoms with E-state index in [1.54, 1.807) is 14.2 Å². The molecule has 108 valence electrons. The molecule has 0 aromatic heterocycles. The summed E-state index contributed by atoms with van der Waals surface area (Å²) in [5.74, 6) is 0.445. The molecule has 0 aliphatic heterocycles. The van der Waals surface area contributed by atoms with E-state index in [-0.39, 0.29) is 5.78 Å². The smallest absolute Gasteiger partial charge is 0.282 e. The third-order valence-electron chi connectivity index (χ3n) is 3.27. The lowest BCUT2D eigenvalue weighted by molar-refractivity contribution is 0.0977. The summed E-state index contributed by atoms with van der Waals surface area (Å²) in [6, 6.07) is 16.7. The number of methoxy groups -OCH3 is 2. The summed E-state index contributed by atoms with van der Waals surface area (Å²) in [7, 11) is 3.11. The number of hydrogen-bond donors (Lipinski definition) is 0. The average molecular weight is 282 g/mol. The van der Waals surface area contributed by atoms with Crippen molar-refractivity contribution < 1.29 is 14.3 Å². The van der Waals surface area contributed by atoms with Gasteiger partial charge in [-0.3, -0.25) is 4.79 Å². The Labute approximate surface area is 124 Å². The highest BCUT2D eigenvalue weighted by Gasteiger charge is 2.11. The van der Waals surface area contributed by atoms with E-state index in [4.69, 9.17) is 9.47 Å². The van der Waals surface area contributed by atoms with Crippen molar-refractivity contribution in [3.05, 3.63) is 77.2 Å². The summed E-state index contributed by atoms with van der Waals surface area (Å²) in [5, 5.41) is 0. The van der Waals surface area contributed by atoms with Crippen LogP contribution in [0.15, 0.2) is 60.5 Å². The minimum absolute atomic E-state index is 0.00151. The summed E-state index contributed by atoms with van der Waals surface area (Å²) >= 11 is 0. The average Bonchev–Trinajstić information content (AvgIpc) is 2.56. The van der Waals surface area contributed by atoms with E-state index in [1.807, 2.05) is 61.5 Å². The zero-order valence-electron chi connectivity index (χ0n) is 12.4. The molecule has 0 amide bonds. The standard InChI is InChI=1S/C18H18O3/c1-13(18(20-2)21-3)15-10-7-11-16(12-15)17(19)14-8-5-4-6-9-14/h4-12H,1-3H3. The first-order valence-corrected chi connectivity index (χ1v) is 6.66. The van der Waals surface area contributed by atoms with Gasteiger partial charge in [-0.1, -0.05) is 48.5 Å². The Balaban J connectivity index is 2.39. The van der Waals surface area contributed by atoms with Gasteiger partial charge in [0.25, 0.3) is 5.95 Å². The summed E-state index contributed by atoms with van der Waals surface area (Å²) in [5.41, 5.74) is 3.07. The number of ether oxygens (including phenoxy) is 2. The Morgan fingerprint density at radius 3 is 2.00 bits per heavy atom. The quantitative estimate of drug-likeness (QED) is 0.616. The molecule has 2 aromatic carbocycles. The van der Waals surface area contributed by atoms with Crippen molar-refractivity contribution in [2.45, 2.75) is 6.92 Å². The van der Waals surface area contributed by atoms with E-state index in [1.165, 1.54) is 0 Å². The Morgan fingerprint density at radius 2 is 1.38 bits per heavy atom. The number of allylic oxidation sites excluding steroid dienone is 1. The molecule has 0 atom stereocenters. The Kier molecular flexibility index (Phi) is 4.77. The maximum absolute atomic E-state index is 12.5. The van der Waals surface area contributed by atoms with E-state index in [2.05, 4.69) is 0 Å². The van der Waals surface area contributed by atoms with Gasteiger partial charge in [0.05, 0.1) is 14.2 Å². The Hall–Kier alpha value is -2.55. The monoisotopic (exact) mass is 282 g/mol. The molecular weight excluding hydrogens is 264 g/mol. The topological polar surface area (TPSA) is 35.5 Å². The van der Waals surface area contributed by atoms with Crippen molar-refractivity contribution in [1.82, 2.24) is 0 Å². The molecule has 0 saturated carbocycles. The molecule has 0 N–H and O–H groups in total. The predicted octanol–water partition coefficient (Wildman–Crippen LogP) is 3.90. The molecule has 0 saturated heterocycles. The number of hydrogen-bond acceptors (Lipinski definition) is 3. The molecular formula is C18H18O3. The highest BCUT2D eigenvalue weighted by Crippen LogP contribution is 2.21. The van der Waals surface area contributed by atoms with E-state index in [0.717, 1.165) is 11.1 Å². The second-order valence-electron chi connectivity index (χ2n) is 4.60. The lowest BCUT2D eigenvalue weighted by atomic mass is 9.99. The van der Waals surface area contributed by atoms with Crippen molar-refractivity contribution >= 4 is 11.4 Å². The van der Waals surface area contributed by atoms with Gasteiger partial charge in [-0.15, -0.1) is 0 Å². The van der Waals surface area contributed by atoms with Crippen LogP contribution in [0.3, 0.4) is 0 Å². The first kappa shape index (κ1) is 14.9. The van der Waals surface area contributed by atoms with E-state index in [0.29, 0.717) is 17.1 Å². The van der Waals surface area contributed by atoms with Gasteiger partial charge in [-0.05, 0) is 18.6 Å². The summed E-state index contributed by atoms with van der Waals surface area (Å²) < 4.78 is 10.3. The molecule has 0 radical (unpaired) electrons. The van der Waals surface area contributed by atoms with Gasteiger partial charge in [-0.25, -0.2) is 0 Å². The summed E-state index contributed by atoms with van der Waals surface area (Å²) in [6.45, 7) is 1.90. The Morgan fingerprint density at radius 1 is 0.810 bits per heavy atom. The fourth-order valence-electron chi connectivity index (χ4n) is 2.16. The first-order valence-electron chi connectivity index (χ1n) is 6.66. The third kappa shape index (κ3) is 3.31. The molecule has 2 aromatic rings. The van der Waals surface area contributed by atoms with Gasteiger partial charge >= 0.3 is 0 Å². The second-order valence-corrected chi connectivity index (χ2v) is 4.60. The van der Waals surface area contributed by atoms with Gasteiger partial charge in [0.2, 0.25) is 0 Å². The number of carbonyl (C=O) groups excluding carboxylic acids is 1. The zero-order chi connectivity index (χ0) is 15.2. The van der Waals surface area contributed by atoms with E-state index >= 15 is 0 Å². The molecule has 21 heavy (non-hydrogen) atoms. The molecule has 3 heteroatoms. The summed E-state index contributed by atoms with van der Waals surface area (Å²) in [4.78, 5) is 12.5. The van der Waals surface area contributed by atoms with E-state index < -0.39 is 0 Å². The van der Waals surface area contributed by atoms with Gasteiger partial charge in [0, 0.05) is 16.7 Å². The van der Waals surface area contributed by atoms with Crippen LogP contribution in [0.2, 0.25) is 0 Å². The second kappa shape index (κ2) is 6.75. The lowest BCUT2D eigenvalue weighted by Gasteiger charge is -2.10. The SMILES string of the molecule is COC(OC)=C(C)c1cccc(C(=O)c2ccccc2)c1. The van der Waals surface area contributed by atoms with Crippen LogP contribution in [-0.2, 0) is 9.47 Å². The largest absolute Gasteiger partial charge is 0.469 e. The number of rotatable bonds is 5. The summed E-state index contributed by atoms with van der Waals surface area (Å²) in [6.07, 6.45) is 0. The predicted molar refractivity (Wildman–Crippen MR) is 82.9 cm³/mol.